The van der Waals surface area contributed by atoms with E-state index in [9.17, 15) is 23.5 Å². The first-order valence-corrected chi connectivity index (χ1v) is 11.8. The number of benzene rings is 2. The molecular weight excluding hydrogens is 466 g/mol. The standard InChI is InChI=1S/C24H16F2N2O3S2/c1-2-12-5-7-13(8-6-12)21(29)18-20(16-4-3-9-32-16)28(23(31)22(18)30)24-27-19-15(26)10-14(25)11-17(19)33-24/h3-11,20,29H,2H2,1H3/b21-18+. The summed E-state index contributed by atoms with van der Waals surface area (Å²) in [5, 5.41) is 12.9. The number of amides is 1. The van der Waals surface area contributed by atoms with Gasteiger partial charge in [-0.2, -0.15) is 0 Å². The molecule has 0 radical (unpaired) electrons. The Morgan fingerprint density at radius 3 is 2.58 bits per heavy atom. The Bertz CT molecular complexity index is 1430. The summed E-state index contributed by atoms with van der Waals surface area (Å²) in [7, 11) is 0. The number of aromatic nitrogens is 1. The van der Waals surface area contributed by atoms with Gasteiger partial charge >= 0.3 is 5.91 Å². The van der Waals surface area contributed by atoms with Crippen LogP contribution < -0.4 is 4.90 Å². The third kappa shape index (κ3) is 3.53. The van der Waals surface area contributed by atoms with E-state index in [4.69, 9.17) is 0 Å². The van der Waals surface area contributed by atoms with Gasteiger partial charge in [0, 0.05) is 16.5 Å². The number of carbonyl (C=O) groups is 2. The predicted octanol–water partition coefficient (Wildman–Crippen LogP) is 5.82. The molecule has 0 saturated carbocycles. The Morgan fingerprint density at radius 1 is 1.15 bits per heavy atom. The number of nitrogens with zero attached hydrogens (tertiary/aromatic N) is 2. The largest absolute Gasteiger partial charge is 0.507 e. The molecule has 1 aliphatic rings. The Hall–Kier alpha value is -3.43. The molecule has 0 spiro atoms. The molecular formula is C24H16F2N2O3S2. The molecule has 9 heteroatoms. The van der Waals surface area contributed by atoms with E-state index in [1.165, 1.54) is 11.3 Å². The number of hydrogen-bond acceptors (Lipinski definition) is 6. The number of fused-ring (bicyclic) bond motifs is 1. The average Bonchev–Trinajstić information content (AvgIpc) is 3.52. The van der Waals surface area contributed by atoms with Crippen molar-refractivity contribution in [2.24, 2.45) is 0 Å². The number of Topliss-reactive ketones (excluding diaryl/α,β-unsaturated/α-hetero) is 1. The zero-order valence-corrected chi connectivity index (χ0v) is 18.8. The summed E-state index contributed by atoms with van der Waals surface area (Å²) in [6.45, 7) is 2.00. The number of anilines is 1. The van der Waals surface area contributed by atoms with E-state index in [1.807, 2.05) is 19.1 Å². The molecule has 4 aromatic rings. The summed E-state index contributed by atoms with van der Waals surface area (Å²) in [6.07, 6.45) is 0.815. The van der Waals surface area contributed by atoms with Gasteiger partial charge in [-0.1, -0.05) is 48.6 Å². The van der Waals surface area contributed by atoms with Crippen molar-refractivity contribution in [3.63, 3.8) is 0 Å². The zero-order chi connectivity index (χ0) is 23.3. The number of thiazole rings is 1. The lowest BCUT2D eigenvalue weighted by Crippen LogP contribution is -2.28. The smallest absolute Gasteiger partial charge is 0.301 e. The fourth-order valence-electron chi connectivity index (χ4n) is 3.85. The molecule has 1 unspecified atom stereocenters. The third-order valence-corrected chi connectivity index (χ3v) is 7.43. The Labute approximate surface area is 195 Å². The highest BCUT2D eigenvalue weighted by atomic mass is 32.1. The molecule has 166 valence electrons. The molecule has 5 nitrogen and oxygen atoms in total. The first kappa shape index (κ1) is 21.4. The molecule has 1 amide bonds. The first-order chi connectivity index (χ1) is 15.9. The number of rotatable bonds is 4. The van der Waals surface area contributed by atoms with Crippen LogP contribution in [0.15, 0.2) is 59.5 Å². The zero-order valence-electron chi connectivity index (χ0n) is 17.2. The van der Waals surface area contributed by atoms with Crippen LogP contribution in [0.4, 0.5) is 13.9 Å². The van der Waals surface area contributed by atoms with Gasteiger partial charge in [0.15, 0.2) is 10.9 Å². The minimum absolute atomic E-state index is 0.0513. The van der Waals surface area contributed by atoms with Crippen molar-refractivity contribution in [3.05, 3.63) is 87.1 Å². The minimum atomic E-state index is -0.940. The van der Waals surface area contributed by atoms with Crippen molar-refractivity contribution in [3.8, 4) is 0 Å². The summed E-state index contributed by atoms with van der Waals surface area (Å²) in [4.78, 5) is 32.2. The van der Waals surface area contributed by atoms with E-state index < -0.39 is 29.4 Å². The van der Waals surface area contributed by atoms with E-state index in [0.717, 1.165) is 40.4 Å². The second-order valence-corrected chi connectivity index (χ2v) is 9.45. The fourth-order valence-corrected chi connectivity index (χ4v) is 5.70. The maximum Gasteiger partial charge on any atom is 0.301 e. The molecule has 1 saturated heterocycles. The third-order valence-electron chi connectivity index (χ3n) is 5.50. The van der Waals surface area contributed by atoms with Crippen LogP contribution in [-0.2, 0) is 16.0 Å². The highest BCUT2D eigenvalue weighted by molar-refractivity contribution is 7.22. The van der Waals surface area contributed by atoms with Crippen molar-refractivity contribution in [2.75, 3.05) is 4.90 Å². The fraction of sp³-hybridized carbons (Fsp3) is 0.125. The van der Waals surface area contributed by atoms with Crippen LogP contribution in [0.3, 0.4) is 0 Å². The summed E-state index contributed by atoms with van der Waals surface area (Å²) in [6, 6.07) is 11.5. The Morgan fingerprint density at radius 2 is 1.91 bits per heavy atom. The molecule has 3 heterocycles. The van der Waals surface area contributed by atoms with Gasteiger partial charge in [-0.25, -0.2) is 13.8 Å². The number of halogens is 2. The van der Waals surface area contributed by atoms with Crippen molar-refractivity contribution in [2.45, 2.75) is 19.4 Å². The SMILES string of the molecule is CCc1ccc(/C(O)=C2\C(=O)C(=O)N(c3nc4c(F)cc(F)cc4s3)C2c2cccs2)cc1. The van der Waals surface area contributed by atoms with Crippen molar-refractivity contribution in [1.82, 2.24) is 4.98 Å². The van der Waals surface area contributed by atoms with Gasteiger partial charge < -0.3 is 5.11 Å². The molecule has 1 fully saturated rings. The van der Waals surface area contributed by atoms with Crippen LogP contribution >= 0.6 is 22.7 Å². The maximum atomic E-state index is 14.3. The lowest BCUT2D eigenvalue weighted by molar-refractivity contribution is -0.132. The Balaban J connectivity index is 1.70. The lowest BCUT2D eigenvalue weighted by Gasteiger charge is -2.21. The van der Waals surface area contributed by atoms with E-state index in [2.05, 4.69) is 4.98 Å². The molecule has 1 aliphatic heterocycles. The van der Waals surface area contributed by atoms with Crippen LogP contribution in [0.5, 0.6) is 0 Å². The van der Waals surface area contributed by atoms with Crippen molar-refractivity contribution < 1.29 is 23.5 Å². The van der Waals surface area contributed by atoms with Crippen molar-refractivity contribution >= 4 is 55.5 Å². The topological polar surface area (TPSA) is 70.5 Å². The molecule has 33 heavy (non-hydrogen) atoms. The Kier molecular flexibility index (Phi) is 5.30. The van der Waals surface area contributed by atoms with Gasteiger partial charge in [0.25, 0.3) is 5.78 Å². The quantitative estimate of drug-likeness (QED) is 0.226. The van der Waals surface area contributed by atoms with Crippen LogP contribution in [0.25, 0.3) is 16.0 Å². The summed E-state index contributed by atoms with van der Waals surface area (Å²) in [5.74, 6) is -3.66. The second kappa shape index (κ2) is 8.17. The first-order valence-electron chi connectivity index (χ1n) is 10.1. The van der Waals surface area contributed by atoms with Gasteiger partial charge in [0.1, 0.15) is 23.1 Å². The van der Waals surface area contributed by atoms with E-state index in [1.54, 1.807) is 29.6 Å². The van der Waals surface area contributed by atoms with E-state index in [0.29, 0.717) is 10.4 Å². The number of hydrogen-bond donors (Lipinski definition) is 1. The number of thiophene rings is 1. The number of aliphatic hydroxyl groups excluding tert-OH is 1. The van der Waals surface area contributed by atoms with Crippen LogP contribution in [-0.4, -0.2) is 21.8 Å². The average molecular weight is 483 g/mol. The van der Waals surface area contributed by atoms with Gasteiger partial charge in [-0.3, -0.25) is 14.5 Å². The van der Waals surface area contributed by atoms with Gasteiger partial charge in [0.05, 0.1) is 10.3 Å². The number of aliphatic hydroxyl groups is 1. The number of ketones is 1. The highest BCUT2D eigenvalue weighted by Crippen LogP contribution is 2.45. The van der Waals surface area contributed by atoms with Gasteiger partial charge in [0.2, 0.25) is 0 Å². The minimum Gasteiger partial charge on any atom is -0.507 e. The summed E-state index contributed by atoms with van der Waals surface area (Å²) in [5.41, 5.74) is 1.31. The normalized spacial score (nSPS) is 17.9. The molecule has 1 atom stereocenters. The second-order valence-electron chi connectivity index (χ2n) is 7.47. The monoisotopic (exact) mass is 482 g/mol. The molecule has 2 aromatic carbocycles. The van der Waals surface area contributed by atoms with E-state index in [-0.39, 0.29) is 26.7 Å². The summed E-state index contributed by atoms with van der Waals surface area (Å²) >= 11 is 2.22. The van der Waals surface area contributed by atoms with Crippen molar-refractivity contribution in [1.29, 1.82) is 0 Å². The molecule has 5 rings (SSSR count). The lowest BCUT2D eigenvalue weighted by atomic mass is 9.99. The summed E-state index contributed by atoms with van der Waals surface area (Å²) < 4.78 is 28.2. The highest BCUT2D eigenvalue weighted by Gasteiger charge is 2.48. The predicted molar refractivity (Wildman–Crippen MR) is 124 cm³/mol. The molecule has 0 aliphatic carbocycles. The van der Waals surface area contributed by atoms with Gasteiger partial charge in [-0.15, -0.1) is 11.3 Å². The van der Waals surface area contributed by atoms with Gasteiger partial charge in [-0.05, 0) is 29.5 Å². The van der Waals surface area contributed by atoms with Crippen LogP contribution in [0.2, 0.25) is 0 Å². The van der Waals surface area contributed by atoms with E-state index >= 15 is 0 Å². The molecule has 1 N–H and O–H groups in total. The van der Waals surface area contributed by atoms with Crippen LogP contribution in [0.1, 0.15) is 29.0 Å². The molecule has 0 bridgehead atoms. The molecule has 2 aromatic heterocycles. The maximum absolute atomic E-state index is 14.3. The number of aryl methyl sites for hydroxylation is 1. The van der Waals surface area contributed by atoms with Crippen LogP contribution in [0, 0.1) is 11.6 Å². The number of carbonyl (C=O) groups excluding carboxylic acids is 2.